The fourth-order valence-electron chi connectivity index (χ4n) is 2.40. The topological polar surface area (TPSA) is 41.1 Å². The van der Waals surface area contributed by atoms with Crippen LogP contribution in [0.3, 0.4) is 0 Å². The van der Waals surface area contributed by atoms with E-state index in [-0.39, 0.29) is 10.9 Å². The molecule has 0 spiro atoms. The van der Waals surface area contributed by atoms with Crippen molar-refractivity contribution >= 4 is 23.2 Å². The minimum Gasteiger partial charge on any atom is -0.322 e. The van der Waals surface area contributed by atoms with E-state index in [2.05, 4.69) is 10.6 Å². The number of nitrogens with one attached hydrogen (secondary N) is 2. The molecule has 0 saturated carbocycles. The monoisotopic (exact) mass is 304 g/mol. The molecule has 1 amide bonds. The summed E-state index contributed by atoms with van der Waals surface area (Å²) in [5.41, 5.74) is 3.47. The van der Waals surface area contributed by atoms with Gasteiger partial charge < -0.3 is 10.6 Å². The van der Waals surface area contributed by atoms with Crippen molar-refractivity contribution in [2.45, 2.75) is 13.0 Å². The summed E-state index contributed by atoms with van der Waals surface area (Å²) < 4.78 is 13.1. The molecule has 0 aliphatic carbocycles. The highest BCUT2D eigenvalue weighted by atomic mass is 35.5. The van der Waals surface area contributed by atoms with Gasteiger partial charge in [-0.25, -0.2) is 4.39 Å². The van der Waals surface area contributed by atoms with Crippen LogP contribution >= 0.6 is 11.6 Å². The Balaban J connectivity index is 1.80. The Bertz CT molecular complexity index is 703. The van der Waals surface area contributed by atoms with Gasteiger partial charge in [-0.2, -0.15) is 0 Å². The van der Waals surface area contributed by atoms with E-state index in [1.807, 2.05) is 18.2 Å². The van der Waals surface area contributed by atoms with E-state index in [0.29, 0.717) is 11.3 Å². The van der Waals surface area contributed by atoms with Crippen LogP contribution in [0.5, 0.6) is 0 Å². The van der Waals surface area contributed by atoms with Crippen LogP contribution in [-0.2, 0) is 13.0 Å². The second-order valence-corrected chi connectivity index (χ2v) is 5.40. The molecule has 5 heteroatoms. The first-order valence-corrected chi connectivity index (χ1v) is 7.10. The van der Waals surface area contributed by atoms with Gasteiger partial charge in [0.05, 0.1) is 5.02 Å². The van der Waals surface area contributed by atoms with Crippen LogP contribution in [0.4, 0.5) is 10.1 Å². The van der Waals surface area contributed by atoms with Gasteiger partial charge >= 0.3 is 0 Å². The molecule has 108 valence electrons. The quantitative estimate of drug-likeness (QED) is 0.893. The van der Waals surface area contributed by atoms with Crippen LogP contribution in [0.15, 0.2) is 36.4 Å². The average Bonchev–Trinajstić information content (AvgIpc) is 2.50. The number of carbonyl (C=O) groups excluding carboxylic acids is 1. The van der Waals surface area contributed by atoms with Gasteiger partial charge in [0, 0.05) is 17.8 Å². The van der Waals surface area contributed by atoms with Gasteiger partial charge in [0.25, 0.3) is 5.91 Å². The second-order valence-electron chi connectivity index (χ2n) is 4.99. The second kappa shape index (κ2) is 5.84. The highest BCUT2D eigenvalue weighted by Gasteiger charge is 2.13. The first-order valence-electron chi connectivity index (χ1n) is 6.72. The van der Waals surface area contributed by atoms with Gasteiger partial charge in [-0.1, -0.05) is 17.7 Å². The van der Waals surface area contributed by atoms with Crippen LogP contribution in [0.2, 0.25) is 5.02 Å². The highest BCUT2D eigenvalue weighted by molar-refractivity contribution is 6.31. The molecule has 0 bridgehead atoms. The number of hydrogen-bond donors (Lipinski definition) is 2. The molecular weight excluding hydrogens is 291 g/mol. The molecule has 0 atom stereocenters. The van der Waals surface area contributed by atoms with Gasteiger partial charge in [-0.3, -0.25) is 4.79 Å². The molecule has 1 aliphatic heterocycles. The molecule has 1 aliphatic rings. The fraction of sp³-hybridized carbons (Fsp3) is 0.188. The Kier molecular flexibility index (Phi) is 3.90. The number of halogens is 2. The van der Waals surface area contributed by atoms with Gasteiger partial charge in [0.1, 0.15) is 5.82 Å². The normalized spacial score (nSPS) is 13.6. The van der Waals surface area contributed by atoms with Crippen molar-refractivity contribution in [3.05, 3.63) is 63.9 Å². The summed E-state index contributed by atoms with van der Waals surface area (Å²) in [5, 5.41) is 5.99. The highest BCUT2D eigenvalue weighted by Crippen LogP contribution is 2.21. The minimum absolute atomic E-state index is 0.0116. The average molecular weight is 305 g/mol. The summed E-state index contributed by atoms with van der Waals surface area (Å²) in [6.45, 7) is 1.74. The van der Waals surface area contributed by atoms with Gasteiger partial charge in [0.2, 0.25) is 0 Å². The zero-order valence-corrected chi connectivity index (χ0v) is 12.0. The van der Waals surface area contributed by atoms with Crippen LogP contribution in [0.25, 0.3) is 0 Å². The lowest BCUT2D eigenvalue weighted by atomic mass is 9.98. The molecule has 2 aromatic rings. The zero-order valence-electron chi connectivity index (χ0n) is 11.2. The van der Waals surface area contributed by atoms with E-state index in [1.165, 1.54) is 23.8 Å². The van der Waals surface area contributed by atoms with Crippen LogP contribution in [-0.4, -0.2) is 12.5 Å². The Morgan fingerprint density at radius 1 is 1.19 bits per heavy atom. The summed E-state index contributed by atoms with van der Waals surface area (Å²) in [4.78, 5) is 12.2. The third-order valence-corrected chi connectivity index (χ3v) is 3.82. The molecule has 2 aromatic carbocycles. The van der Waals surface area contributed by atoms with Crippen molar-refractivity contribution in [3.8, 4) is 0 Å². The number of fused-ring (bicyclic) bond motifs is 1. The maximum absolute atomic E-state index is 13.1. The molecule has 0 saturated heterocycles. The van der Waals surface area contributed by atoms with Crippen molar-refractivity contribution < 1.29 is 9.18 Å². The molecule has 3 nitrogen and oxygen atoms in total. The summed E-state index contributed by atoms with van der Waals surface area (Å²) in [6, 6.07) is 9.80. The molecule has 2 N–H and O–H groups in total. The van der Waals surface area contributed by atoms with E-state index in [4.69, 9.17) is 11.6 Å². The molecule has 1 heterocycles. The standard InChI is InChI=1S/C16H14ClFN2O/c17-14-8-13(3-4-15(14)18)20-16(21)11-2-1-10-5-6-19-9-12(10)7-11/h1-4,7-8,19H,5-6,9H2,(H,20,21). The summed E-state index contributed by atoms with van der Waals surface area (Å²) in [5.74, 6) is -0.736. The Labute approximate surface area is 127 Å². The van der Waals surface area contributed by atoms with E-state index in [1.54, 1.807) is 0 Å². The zero-order chi connectivity index (χ0) is 14.8. The molecule has 0 radical (unpaired) electrons. The van der Waals surface area contributed by atoms with Crippen molar-refractivity contribution in [2.75, 3.05) is 11.9 Å². The minimum atomic E-state index is -0.505. The molecule has 3 rings (SSSR count). The molecule has 0 aromatic heterocycles. The van der Waals surface area contributed by atoms with Crippen molar-refractivity contribution in [3.63, 3.8) is 0 Å². The molecule has 0 unspecified atom stereocenters. The maximum atomic E-state index is 13.1. The summed E-state index contributed by atoms with van der Waals surface area (Å²) >= 11 is 5.70. The van der Waals surface area contributed by atoms with Crippen molar-refractivity contribution in [1.29, 1.82) is 0 Å². The van der Waals surface area contributed by atoms with Gasteiger partial charge in [-0.15, -0.1) is 0 Å². The Hall–Kier alpha value is -1.91. The molecule has 0 fully saturated rings. The first-order chi connectivity index (χ1) is 10.1. The largest absolute Gasteiger partial charge is 0.322 e. The Morgan fingerprint density at radius 2 is 2.05 bits per heavy atom. The number of rotatable bonds is 2. The number of hydrogen-bond acceptors (Lipinski definition) is 2. The predicted molar refractivity (Wildman–Crippen MR) is 81.2 cm³/mol. The lowest BCUT2D eigenvalue weighted by Crippen LogP contribution is -2.24. The van der Waals surface area contributed by atoms with Gasteiger partial charge in [-0.05, 0) is 54.4 Å². The third kappa shape index (κ3) is 3.06. The number of amides is 1. The van der Waals surface area contributed by atoms with E-state index >= 15 is 0 Å². The SMILES string of the molecule is O=C(Nc1ccc(F)c(Cl)c1)c1ccc2c(c1)CNCC2. The summed E-state index contributed by atoms with van der Waals surface area (Å²) in [6.07, 6.45) is 0.977. The van der Waals surface area contributed by atoms with Crippen molar-refractivity contribution in [2.24, 2.45) is 0 Å². The van der Waals surface area contributed by atoms with E-state index < -0.39 is 5.82 Å². The lowest BCUT2D eigenvalue weighted by molar-refractivity contribution is 0.102. The van der Waals surface area contributed by atoms with Crippen LogP contribution in [0, 0.1) is 5.82 Å². The number of anilines is 1. The van der Waals surface area contributed by atoms with Gasteiger partial charge in [0.15, 0.2) is 0 Å². The number of benzene rings is 2. The van der Waals surface area contributed by atoms with Crippen LogP contribution < -0.4 is 10.6 Å². The van der Waals surface area contributed by atoms with E-state index in [9.17, 15) is 9.18 Å². The lowest BCUT2D eigenvalue weighted by Gasteiger charge is -2.17. The predicted octanol–water partition coefficient (Wildman–Crippen LogP) is 3.38. The smallest absolute Gasteiger partial charge is 0.255 e. The summed E-state index contributed by atoms with van der Waals surface area (Å²) in [7, 11) is 0. The first kappa shape index (κ1) is 14.0. The Morgan fingerprint density at radius 3 is 2.86 bits per heavy atom. The molecular formula is C16H14ClFN2O. The molecule has 21 heavy (non-hydrogen) atoms. The fourth-order valence-corrected chi connectivity index (χ4v) is 2.58. The maximum Gasteiger partial charge on any atom is 0.255 e. The third-order valence-electron chi connectivity index (χ3n) is 3.53. The number of carbonyl (C=O) groups is 1. The van der Waals surface area contributed by atoms with Crippen molar-refractivity contribution in [1.82, 2.24) is 5.32 Å². The van der Waals surface area contributed by atoms with E-state index in [0.717, 1.165) is 25.1 Å². The van der Waals surface area contributed by atoms with Crippen LogP contribution in [0.1, 0.15) is 21.5 Å².